The van der Waals surface area contributed by atoms with Crippen LogP contribution in [-0.2, 0) is 11.3 Å². The van der Waals surface area contributed by atoms with Crippen molar-refractivity contribution in [2.24, 2.45) is 11.7 Å². The third-order valence-corrected chi connectivity index (χ3v) is 4.04. The number of hydrogen-bond acceptors (Lipinski definition) is 3. The molecule has 1 aromatic rings. The van der Waals surface area contributed by atoms with Crippen LogP contribution in [0.25, 0.3) is 0 Å². The number of halogens is 2. The minimum atomic E-state index is -0.367. The number of benzene rings is 1. The zero-order valence-electron chi connectivity index (χ0n) is 11.9. The summed E-state index contributed by atoms with van der Waals surface area (Å²) >= 11 is 5.80. The topological polar surface area (TPSA) is 58.4 Å². The summed E-state index contributed by atoms with van der Waals surface area (Å²) in [5.41, 5.74) is 5.96. The number of nitrogens with zero attached hydrogens (tertiary/aromatic N) is 1. The maximum absolute atomic E-state index is 13.9. The van der Waals surface area contributed by atoms with E-state index in [-0.39, 0.29) is 22.7 Å². The molecular weight excluding hydrogens is 293 g/mol. The number of nitrogens with one attached hydrogen (secondary N) is 1. The molecule has 6 heteroatoms. The number of carbonyl (C=O) groups excluding carboxylic acids is 1. The molecule has 1 saturated heterocycles. The first-order valence-corrected chi connectivity index (χ1v) is 7.62. The molecule has 116 valence electrons. The van der Waals surface area contributed by atoms with Crippen molar-refractivity contribution in [3.63, 3.8) is 0 Å². The summed E-state index contributed by atoms with van der Waals surface area (Å²) in [6.07, 6.45) is 1.80. The molecule has 1 aromatic carbocycles. The van der Waals surface area contributed by atoms with Gasteiger partial charge in [0.1, 0.15) is 5.82 Å². The summed E-state index contributed by atoms with van der Waals surface area (Å²) in [6, 6.07) is 5.02. The van der Waals surface area contributed by atoms with Crippen molar-refractivity contribution in [3.8, 4) is 0 Å². The summed E-state index contributed by atoms with van der Waals surface area (Å²) < 4.78 is 13.9. The van der Waals surface area contributed by atoms with Crippen LogP contribution in [0.3, 0.4) is 0 Å². The highest BCUT2D eigenvalue weighted by molar-refractivity contribution is 6.30. The molecule has 1 amide bonds. The van der Waals surface area contributed by atoms with Gasteiger partial charge >= 0.3 is 0 Å². The quantitative estimate of drug-likeness (QED) is 0.871. The highest BCUT2D eigenvalue weighted by Crippen LogP contribution is 2.22. The fourth-order valence-electron chi connectivity index (χ4n) is 2.66. The van der Waals surface area contributed by atoms with Crippen LogP contribution < -0.4 is 11.1 Å². The van der Waals surface area contributed by atoms with Gasteiger partial charge in [-0.25, -0.2) is 4.39 Å². The van der Waals surface area contributed by atoms with E-state index in [2.05, 4.69) is 10.2 Å². The normalized spacial score (nSPS) is 19.5. The average Bonchev–Trinajstić information content (AvgIpc) is 2.50. The number of amides is 1. The fourth-order valence-corrected chi connectivity index (χ4v) is 2.86. The maximum Gasteiger partial charge on any atom is 0.224 e. The molecule has 21 heavy (non-hydrogen) atoms. The van der Waals surface area contributed by atoms with E-state index in [0.29, 0.717) is 31.7 Å². The van der Waals surface area contributed by atoms with Crippen molar-refractivity contribution in [2.75, 3.05) is 26.2 Å². The van der Waals surface area contributed by atoms with E-state index in [9.17, 15) is 9.18 Å². The van der Waals surface area contributed by atoms with E-state index >= 15 is 0 Å². The second kappa shape index (κ2) is 7.73. The summed E-state index contributed by atoms with van der Waals surface area (Å²) in [6.45, 7) is 2.93. The van der Waals surface area contributed by atoms with E-state index in [0.717, 1.165) is 19.4 Å². The highest BCUT2D eigenvalue weighted by atomic mass is 35.5. The number of hydrogen-bond donors (Lipinski definition) is 2. The molecule has 0 bridgehead atoms. The van der Waals surface area contributed by atoms with Gasteiger partial charge in [0, 0.05) is 31.7 Å². The summed E-state index contributed by atoms with van der Waals surface area (Å²) in [4.78, 5) is 14.1. The van der Waals surface area contributed by atoms with E-state index in [1.54, 1.807) is 18.2 Å². The van der Waals surface area contributed by atoms with Gasteiger partial charge in [-0.1, -0.05) is 23.7 Å². The van der Waals surface area contributed by atoms with Crippen molar-refractivity contribution in [3.05, 3.63) is 34.6 Å². The highest BCUT2D eigenvalue weighted by Gasteiger charge is 2.26. The van der Waals surface area contributed by atoms with Crippen molar-refractivity contribution in [1.82, 2.24) is 10.2 Å². The lowest BCUT2D eigenvalue weighted by atomic mass is 9.96. The summed E-state index contributed by atoms with van der Waals surface area (Å²) in [5, 5.41) is 2.96. The molecule has 1 heterocycles. The van der Waals surface area contributed by atoms with Crippen LogP contribution >= 0.6 is 11.6 Å². The SMILES string of the molecule is NCCNC(=O)C1CCCN(Cc2cccc(Cl)c2F)C1. The molecule has 1 fully saturated rings. The van der Waals surface area contributed by atoms with Gasteiger partial charge in [0.15, 0.2) is 0 Å². The van der Waals surface area contributed by atoms with Gasteiger partial charge < -0.3 is 11.1 Å². The molecule has 1 atom stereocenters. The largest absolute Gasteiger partial charge is 0.355 e. The molecular formula is C15H21ClFN3O. The first kappa shape index (κ1) is 16.2. The van der Waals surface area contributed by atoms with Crippen molar-refractivity contribution >= 4 is 17.5 Å². The predicted octanol–water partition coefficient (Wildman–Crippen LogP) is 1.77. The molecule has 1 aliphatic heterocycles. The van der Waals surface area contributed by atoms with Crippen molar-refractivity contribution < 1.29 is 9.18 Å². The van der Waals surface area contributed by atoms with Crippen LogP contribution in [0.2, 0.25) is 5.02 Å². The second-order valence-electron chi connectivity index (χ2n) is 5.37. The predicted molar refractivity (Wildman–Crippen MR) is 81.5 cm³/mol. The van der Waals surface area contributed by atoms with Gasteiger partial charge in [-0.2, -0.15) is 0 Å². The molecule has 3 N–H and O–H groups in total. The molecule has 0 aliphatic carbocycles. The maximum atomic E-state index is 13.9. The van der Waals surface area contributed by atoms with E-state index < -0.39 is 0 Å². The van der Waals surface area contributed by atoms with Gasteiger partial charge in [-0.15, -0.1) is 0 Å². The van der Waals surface area contributed by atoms with Crippen molar-refractivity contribution in [2.45, 2.75) is 19.4 Å². The Labute approximate surface area is 129 Å². The third kappa shape index (κ3) is 4.40. The standard InChI is InChI=1S/C15H21ClFN3O/c16-13-5-1-3-11(14(13)17)9-20-8-2-4-12(10-20)15(21)19-7-6-18/h1,3,5,12H,2,4,6-10,18H2,(H,19,21). The number of piperidine rings is 1. The van der Waals surface area contributed by atoms with Crippen LogP contribution in [0.5, 0.6) is 0 Å². The van der Waals surface area contributed by atoms with Crippen molar-refractivity contribution in [1.29, 1.82) is 0 Å². The lowest BCUT2D eigenvalue weighted by Gasteiger charge is -2.32. The van der Waals surface area contributed by atoms with Gasteiger partial charge in [0.2, 0.25) is 5.91 Å². The minimum absolute atomic E-state index is 0.0386. The number of carbonyl (C=O) groups is 1. The first-order valence-electron chi connectivity index (χ1n) is 7.25. The average molecular weight is 314 g/mol. The zero-order chi connectivity index (χ0) is 15.2. The van der Waals surface area contributed by atoms with Crippen LogP contribution in [0.1, 0.15) is 18.4 Å². The van der Waals surface area contributed by atoms with Crippen LogP contribution in [0, 0.1) is 11.7 Å². The third-order valence-electron chi connectivity index (χ3n) is 3.75. The second-order valence-corrected chi connectivity index (χ2v) is 5.77. The summed E-state index contributed by atoms with van der Waals surface area (Å²) in [5.74, 6) is -0.377. The van der Waals surface area contributed by atoms with Gasteiger partial charge in [0.05, 0.1) is 10.9 Å². The molecule has 0 radical (unpaired) electrons. The summed E-state index contributed by atoms with van der Waals surface area (Å²) in [7, 11) is 0. The van der Waals surface area contributed by atoms with Gasteiger partial charge in [-0.3, -0.25) is 9.69 Å². The van der Waals surface area contributed by atoms with Gasteiger partial charge in [-0.05, 0) is 25.5 Å². The van der Waals surface area contributed by atoms with E-state index in [1.165, 1.54) is 0 Å². The van der Waals surface area contributed by atoms with Crippen LogP contribution in [-0.4, -0.2) is 37.0 Å². The Morgan fingerprint density at radius 1 is 1.52 bits per heavy atom. The zero-order valence-corrected chi connectivity index (χ0v) is 12.7. The molecule has 0 spiro atoms. The Kier molecular flexibility index (Phi) is 5.96. The Bertz CT molecular complexity index is 498. The minimum Gasteiger partial charge on any atom is -0.355 e. The molecule has 1 aliphatic rings. The lowest BCUT2D eigenvalue weighted by molar-refractivity contribution is -0.126. The number of rotatable bonds is 5. The van der Waals surface area contributed by atoms with Crippen LogP contribution in [0.15, 0.2) is 18.2 Å². The number of likely N-dealkylation sites (tertiary alicyclic amines) is 1. The van der Waals surface area contributed by atoms with E-state index in [4.69, 9.17) is 17.3 Å². The Balaban J connectivity index is 1.95. The fraction of sp³-hybridized carbons (Fsp3) is 0.533. The molecule has 0 aromatic heterocycles. The number of nitrogens with two attached hydrogens (primary N) is 1. The molecule has 2 rings (SSSR count). The van der Waals surface area contributed by atoms with Gasteiger partial charge in [0.25, 0.3) is 0 Å². The first-order chi connectivity index (χ1) is 10.1. The molecule has 4 nitrogen and oxygen atoms in total. The Hall–Kier alpha value is -1.17. The van der Waals surface area contributed by atoms with E-state index in [1.807, 2.05) is 0 Å². The smallest absolute Gasteiger partial charge is 0.224 e. The van der Waals surface area contributed by atoms with Crippen LogP contribution in [0.4, 0.5) is 4.39 Å². The Morgan fingerprint density at radius 3 is 3.10 bits per heavy atom. The molecule has 0 saturated carbocycles. The molecule has 1 unspecified atom stereocenters. The Morgan fingerprint density at radius 2 is 2.33 bits per heavy atom. The lowest BCUT2D eigenvalue weighted by Crippen LogP contribution is -2.43. The monoisotopic (exact) mass is 313 g/mol.